The van der Waals surface area contributed by atoms with Crippen LogP contribution in [-0.4, -0.2) is 45.8 Å². The SMILES string of the molecule is O=C(c1ccc2cn[nH]c2c1)N1CCCC(CCO)C1. The summed E-state index contributed by atoms with van der Waals surface area (Å²) in [7, 11) is 0. The topological polar surface area (TPSA) is 69.2 Å². The number of nitrogens with one attached hydrogen (secondary N) is 1. The molecule has 0 radical (unpaired) electrons. The highest BCUT2D eigenvalue weighted by Crippen LogP contribution is 2.22. The van der Waals surface area contributed by atoms with E-state index in [0.717, 1.165) is 43.3 Å². The van der Waals surface area contributed by atoms with Crippen molar-refractivity contribution in [1.82, 2.24) is 15.1 Å². The molecule has 5 heteroatoms. The van der Waals surface area contributed by atoms with Crippen LogP contribution in [0.2, 0.25) is 0 Å². The van der Waals surface area contributed by atoms with Gasteiger partial charge in [0.15, 0.2) is 0 Å². The lowest BCUT2D eigenvalue weighted by Gasteiger charge is -2.32. The number of rotatable bonds is 3. The van der Waals surface area contributed by atoms with E-state index in [4.69, 9.17) is 5.11 Å². The van der Waals surface area contributed by atoms with Crippen molar-refractivity contribution in [2.75, 3.05) is 19.7 Å². The molecule has 1 unspecified atom stereocenters. The van der Waals surface area contributed by atoms with E-state index in [1.54, 1.807) is 6.20 Å². The van der Waals surface area contributed by atoms with Gasteiger partial charge in [0.05, 0.1) is 11.7 Å². The maximum Gasteiger partial charge on any atom is 0.253 e. The number of hydrogen-bond acceptors (Lipinski definition) is 3. The molecule has 1 atom stereocenters. The van der Waals surface area contributed by atoms with Gasteiger partial charge in [-0.25, -0.2) is 0 Å². The first-order valence-electron chi connectivity index (χ1n) is 7.11. The Kier molecular flexibility index (Phi) is 3.69. The van der Waals surface area contributed by atoms with Crippen molar-refractivity contribution in [3.63, 3.8) is 0 Å². The minimum Gasteiger partial charge on any atom is -0.396 e. The molecule has 20 heavy (non-hydrogen) atoms. The molecule has 1 aliphatic heterocycles. The lowest BCUT2D eigenvalue weighted by atomic mass is 9.94. The van der Waals surface area contributed by atoms with Crippen LogP contribution in [0.5, 0.6) is 0 Å². The van der Waals surface area contributed by atoms with E-state index in [2.05, 4.69) is 10.2 Å². The van der Waals surface area contributed by atoms with Gasteiger partial charge in [-0.3, -0.25) is 9.89 Å². The van der Waals surface area contributed by atoms with E-state index < -0.39 is 0 Å². The van der Waals surface area contributed by atoms with Crippen LogP contribution in [-0.2, 0) is 0 Å². The molecular formula is C15H19N3O2. The number of H-pyrrole nitrogens is 1. The van der Waals surface area contributed by atoms with Crippen LogP contribution in [0.1, 0.15) is 29.6 Å². The van der Waals surface area contributed by atoms with Gasteiger partial charge < -0.3 is 10.0 Å². The first kappa shape index (κ1) is 13.1. The number of amides is 1. The van der Waals surface area contributed by atoms with Crippen LogP contribution < -0.4 is 0 Å². The summed E-state index contributed by atoms with van der Waals surface area (Å²) < 4.78 is 0. The average Bonchev–Trinajstić information content (AvgIpc) is 2.94. The molecule has 0 saturated carbocycles. The minimum absolute atomic E-state index is 0.0733. The van der Waals surface area contributed by atoms with Gasteiger partial charge in [-0.1, -0.05) is 6.07 Å². The van der Waals surface area contributed by atoms with Crippen molar-refractivity contribution < 1.29 is 9.90 Å². The van der Waals surface area contributed by atoms with Gasteiger partial charge in [-0.15, -0.1) is 0 Å². The molecule has 106 valence electrons. The Bertz CT molecular complexity index is 606. The van der Waals surface area contributed by atoms with Crippen molar-refractivity contribution in [2.24, 2.45) is 5.92 Å². The number of aliphatic hydroxyl groups excluding tert-OH is 1. The van der Waals surface area contributed by atoms with Gasteiger partial charge in [-0.2, -0.15) is 5.10 Å². The number of likely N-dealkylation sites (tertiary alicyclic amines) is 1. The monoisotopic (exact) mass is 273 g/mol. The molecule has 2 N–H and O–H groups in total. The van der Waals surface area contributed by atoms with Crippen molar-refractivity contribution in [1.29, 1.82) is 0 Å². The second kappa shape index (κ2) is 5.63. The summed E-state index contributed by atoms with van der Waals surface area (Å²) in [5.74, 6) is 0.498. The van der Waals surface area contributed by atoms with Crippen molar-refractivity contribution in [3.05, 3.63) is 30.0 Å². The van der Waals surface area contributed by atoms with Gasteiger partial charge in [0.2, 0.25) is 0 Å². The number of benzene rings is 1. The zero-order chi connectivity index (χ0) is 13.9. The predicted octanol–water partition coefficient (Wildman–Crippen LogP) is 1.80. The molecule has 1 aromatic heterocycles. The van der Waals surface area contributed by atoms with E-state index in [1.807, 2.05) is 23.1 Å². The number of carbonyl (C=O) groups excluding carboxylic acids is 1. The number of aliphatic hydroxyl groups is 1. The van der Waals surface area contributed by atoms with Crippen LogP contribution in [0.15, 0.2) is 24.4 Å². The highest BCUT2D eigenvalue weighted by molar-refractivity contribution is 5.97. The van der Waals surface area contributed by atoms with Crippen LogP contribution in [0.4, 0.5) is 0 Å². The molecule has 5 nitrogen and oxygen atoms in total. The van der Waals surface area contributed by atoms with E-state index in [1.165, 1.54) is 0 Å². The Hall–Kier alpha value is -1.88. The number of fused-ring (bicyclic) bond motifs is 1. The van der Waals surface area contributed by atoms with Gasteiger partial charge >= 0.3 is 0 Å². The smallest absolute Gasteiger partial charge is 0.253 e. The van der Waals surface area contributed by atoms with Crippen LogP contribution in [0.3, 0.4) is 0 Å². The second-order valence-corrected chi connectivity index (χ2v) is 5.44. The Morgan fingerprint density at radius 2 is 2.40 bits per heavy atom. The highest BCUT2D eigenvalue weighted by Gasteiger charge is 2.24. The Morgan fingerprint density at radius 3 is 3.25 bits per heavy atom. The van der Waals surface area contributed by atoms with E-state index in [-0.39, 0.29) is 12.5 Å². The van der Waals surface area contributed by atoms with Crippen molar-refractivity contribution in [3.8, 4) is 0 Å². The fraction of sp³-hybridized carbons (Fsp3) is 0.467. The maximum atomic E-state index is 12.5. The summed E-state index contributed by atoms with van der Waals surface area (Å²) in [6.45, 7) is 1.76. The molecular weight excluding hydrogens is 254 g/mol. The second-order valence-electron chi connectivity index (χ2n) is 5.44. The Morgan fingerprint density at radius 1 is 1.50 bits per heavy atom. The lowest BCUT2D eigenvalue weighted by Crippen LogP contribution is -2.40. The molecule has 0 bridgehead atoms. The number of hydrogen-bond donors (Lipinski definition) is 2. The zero-order valence-electron chi connectivity index (χ0n) is 11.4. The van der Waals surface area contributed by atoms with Crippen LogP contribution in [0, 0.1) is 5.92 Å². The molecule has 1 amide bonds. The summed E-state index contributed by atoms with van der Waals surface area (Å²) in [4.78, 5) is 14.4. The highest BCUT2D eigenvalue weighted by atomic mass is 16.3. The summed E-state index contributed by atoms with van der Waals surface area (Å²) in [6.07, 6.45) is 4.65. The predicted molar refractivity (Wildman–Crippen MR) is 76.4 cm³/mol. The third-order valence-corrected chi connectivity index (χ3v) is 4.03. The quantitative estimate of drug-likeness (QED) is 0.896. The van der Waals surface area contributed by atoms with Gasteiger partial charge in [0.25, 0.3) is 5.91 Å². The van der Waals surface area contributed by atoms with Crippen LogP contribution in [0.25, 0.3) is 10.9 Å². The van der Waals surface area contributed by atoms with E-state index in [0.29, 0.717) is 11.5 Å². The summed E-state index contributed by atoms with van der Waals surface area (Å²) in [5.41, 5.74) is 1.59. The molecule has 1 aliphatic rings. The Balaban J connectivity index is 1.77. The number of aromatic nitrogens is 2. The number of carbonyl (C=O) groups is 1. The molecule has 0 aliphatic carbocycles. The van der Waals surface area contributed by atoms with Crippen molar-refractivity contribution in [2.45, 2.75) is 19.3 Å². The fourth-order valence-electron chi connectivity index (χ4n) is 2.92. The first-order valence-corrected chi connectivity index (χ1v) is 7.11. The van der Waals surface area contributed by atoms with E-state index >= 15 is 0 Å². The molecule has 1 saturated heterocycles. The Labute approximate surface area is 117 Å². The van der Waals surface area contributed by atoms with E-state index in [9.17, 15) is 4.79 Å². The maximum absolute atomic E-state index is 12.5. The third-order valence-electron chi connectivity index (χ3n) is 4.03. The lowest BCUT2D eigenvalue weighted by molar-refractivity contribution is 0.0654. The largest absolute Gasteiger partial charge is 0.396 e. The molecule has 2 aromatic rings. The molecule has 3 rings (SSSR count). The van der Waals surface area contributed by atoms with Gasteiger partial charge in [0.1, 0.15) is 0 Å². The number of piperidine rings is 1. The number of nitrogens with zero attached hydrogens (tertiary/aromatic N) is 2. The van der Waals surface area contributed by atoms with Gasteiger partial charge in [-0.05, 0) is 37.3 Å². The normalized spacial score (nSPS) is 19.4. The summed E-state index contributed by atoms with van der Waals surface area (Å²) in [5, 5.41) is 16.9. The molecule has 2 heterocycles. The molecule has 1 fully saturated rings. The minimum atomic E-state index is 0.0733. The first-order chi connectivity index (χ1) is 9.78. The standard InChI is InChI=1S/C15H19N3O2/c19-7-5-11-2-1-6-18(10-11)15(20)12-3-4-13-9-16-17-14(13)8-12/h3-4,8-9,11,19H,1-2,5-7,10H2,(H,16,17). The van der Waals surface area contributed by atoms with Gasteiger partial charge in [0, 0.05) is 30.6 Å². The third kappa shape index (κ3) is 2.54. The fourth-order valence-corrected chi connectivity index (χ4v) is 2.92. The molecule has 1 aromatic carbocycles. The molecule has 0 spiro atoms. The average molecular weight is 273 g/mol. The zero-order valence-corrected chi connectivity index (χ0v) is 11.4. The van der Waals surface area contributed by atoms with Crippen LogP contribution >= 0.6 is 0 Å². The summed E-state index contributed by atoms with van der Waals surface area (Å²) >= 11 is 0. The number of aromatic amines is 1. The summed E-state index contributed by atoms with van der Waals surface area (Å²) in [6, 6.07) is 5.64. The van der Waals surface area contributed by atoms with Crippen molar-refractivity contribution >= 4 is 16.8 Å².